The highest BCUT2D eigenvalue weighted by Crippen LogP contribution is 2.41. The maximum Gasteiger partial charge on any atom is 0.259 e. The molecular weight excluding hydrogens is 384 g/mol. The Kier molecular flexibility index (Phi) is 4.09. The van der Waals surface area contributed by atoms with Gasteiger partial charge in [-0.25, -0.2) is 0 Å². The molecule has 3 aromatic carbocycles. The number of nitrogens with one attached hydrogen (secondary N) is 1. The predicted molar refractivity (Wildman–Crippen MR) is 111 cm³/mol. The van der Waals surface area contributed by atoms with Crippen LogP contribution in [0, 0.1) is 0 Å². The van der Waals surface area contributed by atoms with Crippen LogP contribution in [0.4, 0.5) is 0 Å². The second-order valence-electron chi connectivity index (χ2n) is 7.37. The van der Waals surface area contributed by atoms with Gasteiger partial charge in [0.25, 0.3) is 11.8 Å². The zero-order valence-electron chi connectivity index (χ0n) is 15.8. The molecule has 0 radical (unpaired) electrons. The summed E-state index contributed by atoms with van der Waals surface area (Å²) in [7, 11) is 0. The molecule has 2 amide bonds. The van der Waals surface area contributed by atoms with Gasteiger partial charge in [0.2, 0.25) is 0 Å². The number of aromatic hydroxyl groups is 1. The first-order valence-electron chi connectivity index (χ1n) is 9.51. The summed E-state index contributed by atoms with van der Waals surface area (Å²) in [5.74, 6) is -0.940. The third-order valence-electron chi connectivity index (χ3n) is 5.51. The Bertz CT molecular complexity index is 1340. The fourth-order valence-electron chi connectivity index (χ4n) is 4.25. The van der Waals surface area contributed by atoms with Crippen molar-refractivity contribution in [3.05, 3.63) is 65.7 Å². The average Bonchev–Trinajstić information content (AvgIpc) is 3.21. The highest BCUT2D eigenvalue weighted by Gasteiger charge is 2.34. The molecule has 4 aromatic rings. The molecule has 7 nitrogen and oxygen atoms in total. The van der Waals surface area contributed by atoms with E-state index in [0.717, 1.165) is 5.56 Å². The maximum atomic E-state index is 12.8. The zero-order valence-corrected chi connectivity index (χ0v) is 15.8. The number of aromatic nitrogens is 1. The van der Waals surface area contributed by atoms with Gasteiger partial charge in [-0.3, -0.25) is 14.9 Å². The first-order chi connectivity index (χ1) is 14.5. The minimum absolute atomic E-state index is 0.0230. The van der Waals surface area contributed by atoms with E-state index < -0.39 is 24.5 Å². The minimum Gasteiger partial charge on any atom is -0.508 e. The van der Waals surface area contributed by atoms with Gasteiger partial charge in [-0.1, -0.05) is 30.3 Å². The largest absolute Gasteiger partial charge is 0.508 e. The number of hydrogen-bond acceptors (Lipinski definition) is 5. The van der Waals surface area contributed by atoms with Crippen LogP contribution in [-0.2, 0) is 6.54 Å². The fourth-order valence-corrected chi connectivity index (χ4v) is 4.25. The number of carbonyl (C=O) groups excluding carboxylic acids is 2. The Labute approximate surface area is 170 Å². The Morgan fingerprint density at radius 1 is 0.933 bits per heavy atom. The summed E-state index contributed by atoms with van der Waals surface area (Å²) in [6, 6.07) is 15.9. The van der Waals surface area contributed by atoms with E-state index in [0.29, 0.717) is 32.9 Å². The third-order valence-corrected chi connectivity index (χ3v) is 5.51. The second-order valence-corrected chi connectivity index (χ2v) is 7.37. The van der Waals surface area contributed by atoms with E-state index in [9.17, 15) is 24.9 Å². The first kappa shape index (κ1) is 18.4. The lowest BCUT2D eigenvalue weighted by Gasteiger charge is -2.13. The van der Waals surface area contributed by atoms with Crippen LogP contribution in [0.2, 0.25) is 0 Å². The summed E-state index contributed by atoms with van der Waals surface area (Å²) >= 11 is 0. The summed E-state index contributed by atoms with van der Waals surface area (Å²) in [4.78, 5) is 25.5. The number of aliphatic hydroxyl groups is 2. The lowest BCUT2D eigenvalue weighted by molar-refractivity contribution is 0.0831. The minimum atomic E-state index is -1.01. The number of phenols is 1. The van der Waals surface area contributed by atoms with Crippen LogP contribution >= 0.6 is 0 Å². The van der Waals surface area contributed by atoms with Crippen molar-refractivity contribution in [2.45, 2.75) is 12.6 Å². The van der Waals surface area contributed by atoms with Crippen molar-refractivity contribution in [1.29, 1.82) is 0 Å². The van der Waals surface area contributed by atoms with E-state index in [1.165, 1.54) is 12.1 Å². The molecular formula is C23H18N2O5. The van der Waals surface area contributed by atoms with Crippen LogP contribution in [0.3, 0.4) is 0 Å². The molecule has 30 heavy (non-hydrogen) atoms. The lowest BCUT2D eigenvalue weighted by Crippen LogP contribution is -2.20. The summed E-state index contributed by atoms with van der Waals surface area (Å²) < 4.78 is 1.80. The summed E-state index contributed by atoms with van der Waals surface area (Å²) in [5.41, 5.74) is 3.24. The summed E-state index contributed by atoms with van der Waals surface area (Å²) in [6.07, 6.45) is -1.01. The zero-order chi connectivity index (χ0) is 21.0. The number of amides is 2. The topological polar surface area (TPSA) is 112 Å². The quantitative estimate of drug-likeness (QED) is 0.392. The Balaban J connectivity index is 1.97. The molecule has 0 saturated carbocycles. The SMILES string of the molecule is O=C1NC(=O)c2c1c(-c1ccccc1)cc1c2c2cc(O)ccc2n1CC(O)CO. The third kappa shape index (κ3) is 2.60. The van der Waals surface area contributed by atoms with Gasteiger partial charge in [0.05, 0.1) is 35.9 Å². The molecule has 1 aliphatic heterocycles. The average molecular weight is 402 g/mol. The Morgan fingerprint density at radius 3 is 2.40 bits per heavy atom. The van der Waals surface area contributed by atoms with E-state index in [4.69, 9.17) is 0 Å². The van der Waals surface area contributed by atoms with Crippen molar-refractivity contribution < 1.29 is 24.9 Å². The van der Waals surface area contributed by atoms with Crippen molar-refractivity contribution in [2.75, 3.05) is 6.61 Å². The molecule has 0 aliphatic carbocycles. The number of rotatable bonds is 4. The first-order valence-corrected chi connectivity index (χ1v) is 9.51. The van der Waals surface area contributed by atoms with Crippen LogP contribution in [0.5, 0.6) is 5.75 Å². The Hall–Kier alpha value is -3.68. The highest BCUT2D eigenvalue weighted by atomic mass is 16.3. The number of fused-ring (bicyclic) bond motifs is 5. The van der Waals surface area contributed by atoms with E-state index in [1.807, 2.05) is 36.4 Å². The van der Waals surface area contributed by atoms with Crippen LogP contribution < -0.4 is 5.32 Å². The number of aliphatic hydroxyl groups excluding tert-OH is 2. The molecule has 0 saturated heterocycles. The normalized spacial score (nSPS) is 14.3. The number of phenolic OH excluding ortho intramolecular Hbond substituents is 1. The summed E-state index contributed by atoms with van der Waals surface area (Å²) in [5, 5.41) is 33.1. The molecule has 0 bridgehead atoms. The molecule has 4 N–H and O–H groups in total. The smallest absolute Gasteiger partial charge is 0.259 e. The number of nitrogens with zero attached hydrogens (tertiary/aromatic N) is 1. The van der Waals surface area contributed by atoms with E-state index in [1.54, 1.807) is 10.6 Å². The number of hydrogen-bond donors (Lipinski definition) is 4. The number of benzene rings is 3. The van der Waals surface area contributed by atoms with Crippen molar-refractivity contribution in [1.82, 2.24) is 9.88 Å². The molecule has 150 valence electrons. The molecule has 0 fully saturated rings. The highest BCUT2D eigenvalue weighted by molar-refractivity contribution is 6.32. The summed E-state index contributed by atoms with van der Waals surface area (Å²) in [6.45, 7) is -0.335. The number of imide groups is 1. The monoisotopic (exact) mass is 402 g/mol. The molecule has 7 heteroatoms. The van der Waals surface area contributed by atoms with Gasteiger partial charge in [-0.05, 0) is 35.4 Å². The van der Waals surface area contributed by atoms with Crippen LogP contribution in [0.15, 0.2) is 54.6 Å². The maximum absolute atomic E-state index is 12.8. The second kappa shape index (κ2) is 6.69. The van der Waals surface area contributed by atoms with Gasteiger partial charge in [-0.2, -0.15) is 0 Å². The molecule has 1 unspecified atom stereocenters. The molecule has 1 aliphatic rings. The fraction of sp³-hybridized carbons (Fsp3) is 0.130. The Morgan fingerprint density at radius 2 is 1.67 bits per heavy atom. The predicted octanol–water partition coefficient (Wildman–Crippen LogP) is 2.40. The van der Waals surface area contributed by atoms with Gasteiger partial charge in [0.15, 0.2) is 0 Å². The van der Waals surface area contributed by atoms with Crippen molar-refractivity contribution >= 4 is 33.6 Å². The van der Waals surface area contributed by atoms with Crippen molar-refractivity contribution in [3.63, 3.8) is 0 Å². The van der Waals surface area contributed by atoms with Gasteiger partial charge in [-0.15, -0.1) is 0 Å². The standard InChI is InChI=1S/C23H18N2O5/c26-11-14(28)10-25-17-7-6-13(27)8-16(17)19-18(25)9-15(12-4-2-1-3-5-12)20-21(19)23(30)24-22(20)29/h1-9,14,26-28H,10-11H2,(H,24,29,30). The molecule has 1 atom stereocenters. The lowest BCUT2D eigenvalue weighted by atomic mass is 9.93. The van der Waals surface area contributed by atoms with E-state index >= 15 is 0 Å². The van der Waals surface area contributed by atoms with E-state index in [2.05, 4.69) is 5.32 Å². The van der Waals surface area contributed by atoms with Gasteiger partial charge < -0.3 is 19.9 Å². The van der Waals surface area contributed by atoms with Crippen LogP contribution in [0.25, 0.3) is 32.9 Å². The van der Waals surface area contributed by atoms with Crippen molar-refractivity contribution in [2.24, 2.45) is 0 Å². The van der Waals surface area contributed by atoms with Crippen LogP contribution in [0.1, 0.15) is 20.7 Å². The van der Waals surface area contributed by atoms with Gasteiger partial charge >= 0.3 is 0 Å². The van der Waals surface area contributed by atoms with Crippen molar-refractivity contribution in [3.8, 4) is 16.9 Å². The number of carbonyl (C=O) groups is 2. The van der Waals surface area contributed by atoms with Gasteiger partial charge in [0, 0.05) is 16.3 Å². The van der Waals surface area contributed by atoms with E-state index in [-0.39, 0.29) is 17.9 Å². The van der Waals surface area contributed by atoms with Gasteiger partial charge in [0.1, 0.15) is 5.75 Å². The molecule has 5 rings (SSSR count). The molecule has 0 spiro atoms. The molecule has 2 heterocycles. The molecule has 1 aromatic heterocycles. The van der Waals surface area contributed by atoms with Crippen LogP contribution in [-0.4, -0.2) is 44.4 Å².